The van der Waals surface area contributed by atoms with Crippen LogP contribution in [0.1, 0.15) is 6.23 Å². The summed E-state index contributed by atoms with van der Waals surface area (Å²) in [6.07, 6.45) is -15.4. The van der Waals surface area contributed by atoms with E-state index < -0.39 is 95.4 Å². The van der Waals surface area contributed by atoms with Crippen molar-refractivity contribution in [2.45, 2.75) is 55.2 Å². The van der Waals surface area contributed by atoms with Crippen LogP contribution >= 0.6 is 15.6 Å². The van der Waals surface area contributed by atoms with Gasteiger partial charge in [0.1, 0.15) is 42.7 Å². The van der Waals surface area contributed by atoms with Crippen molar-refractivity contribution in [3.05, 3.63) is 33.1 Å². The fourth-order valence-corrected chi connectivity index (χ4v) is 5.51. The average Bonchev–Trinajstić information content (AvgIpc) is 3.06. The Morgan fingerprint density at radius 3 is 2.17 bits per heavy atom. The molecule has 19 nitrogen and oxygen atoms in total. The van der Waals surface area contributed by atoms with Gasteiger partial charge in [0.2, 0.25) is 0 Å². The second kappa shape index (κ2) is 11.2. The minimum atomic E-state index is -5.59. The van der Waals surface area contributed by atoms with E-state index in [-0.39, 0.29) is 0 Å². The Morgan fingerprint density at radius 2 is 1.56 bits per heavy atom. The molecule has 0 radical (unpaired) electrons. The first kappa shape index (κ1) is 29.2. The molecule has 0 saturated carbocycles. The van der Waals surface area contributed by atoms with E-state index in [1.54, 1.807) is 0 Å². The van der Waals surface area contributed by atoms with Crippen LogP contribution in [0.5, 0.6) is 0 Å². The summed E-state index contributed by atoms with van der Waals surface area (Å²) >= 11 is 0. The third-order valence-corrected chi connectivity index (χ3v) is 7.76. The van der Waals surface area contributed by atoms with Gasteiger partial charge in [-0.15, -0.1) is 0 Å². The molecule has 0 amide bonds. The molecule has 1 aromatic heterocycles. The van der Waals surface area contributed by atoms with E-state index in [4.69, 9.17) is 14.6 Å². The Labute approximate surface area is 199 Å². The van der Waals surface area contributed by atoms with Crippen molar-refractivity contribution in [2.75, 3.05) is 13.2 Å². The number of nitrogens with zero attached hydrogens (tertiary/aromatic N) is 1. The number of ether oxygens (including phenoxy) is 2. The molecule has 3 heterocycles. The highest BCUT2D eigenvalue weighted by Gasteiger charge is 2.49. The second-order valence-electron chi connectivity index (χ2n) is 7.68. The first-order valence-corrected chi connectivity index (χ1v) is 13.0. The summed E-state index contributed by atoms with van der Waals surface area (Å²) in [5.74, 6) is 0. The number of hydrogen-bond acceptors (Lipinski definition) is 15. The average molecular weight is 566 g/mol. The highest BCUT2D eigenvalue weighted by Crippen LogP contribution is 2.61. The molecule has 2 unspecified atom stereocenters. The number of phosphoric acid groups is 2. The van der Waals surface area contributed by atoms with Crippen molar-refractivity contribution in [3.63, 3.8) is 0 Å². The van der Waals surface area contributed by atoms with Crippen LogP contribution in [0.2, 0.25) is 0 Å². The summed E-state index contributed by atoms with van der Waals surface area (Å²) in [6.45, 7) is -1.93. The molecular formula is C15H24N2O17P2. The number of aromatic nitrogens is 2. The monoisotopic (exact) mass is 566 g/mol. The van der Waals surface area contributed by atoms with Gasteiger partial charge in [-0.1, -0.05) is 0 Å². The van der Waals surface area contributed by atoms with E-state index in [9.17, 15) is 54.0 Å². The van der Waals surface area contributed by atoms with E-state index in [1.807, 2.05) is 4.98 Å². The van der Waals surface area contributed by atoms with Gasteiger partial charge < -0.3 is 49.9 Å². The van der Waals surface area contributed by atoms with Crippen molar-refractivity contribution in [1.29, 1.82) is 0 Å². The number of H-pyrrole nitrogens is 1. The van der Waals surface area contributed by atoms with Crippen LogP contribution in [0.3, 0.4) is 0 Å². The highest BCUT2D eigenvalue weighted by atomic mass is 31.3. The zero-order chi connectivity index (χ0) is 27.0. The maximum atomic E-state index is 12.2. The number of aliphatic hydroxyl groups is 6. The number of rotatable bonds is 9. The fourth-order valence-electron chi connectivity index (χ4n) is 3.35. The van der Waals surface area contributed by atoms with Gasteiger partial charge in [0.15, 0.2) is 12.5 Å². The summed E-state index contributed by atoms with van der Waals surface area (Å²) < 4.78 is 48.1. The molecule has 2 aliphatic heterocycles. The lowest BCUT2D eigenvalue weighted by Crippen LogP contribution is -2.58. The van der Waals surface area contributed by atoms with Gasteiger partial charge in [0, 0.05) is 12.3 Å². The third-order valence-electron chi connectivity index (χ3n) is 5.16. The van der Waals surface area contributed by atoms with E-state index in [0.29, 0.717) is 0 Å². The highest BCUT2D eigenvalue weighted by molar-refractivity contribution is 7.61. The van der Waals surface area contributed by atoms with Crippen LogP contribution in [0, 0.1) is 0 Å². The Balaban J connectivity index is 1.61. The standard InChI is InChI=1S/C15H24N2O17P2/c18-3-5-8(20)10(22)12(24)14(32-5)33-36(28,29)34-35(26,27)30-4-6-9(21)11(23)13(31-6)17-2-1-7(19)16-15(17)25/h1-2,5-6,8-14,18,20-24H,3-4H2,(H,26,27)(H,28,29)(H,16,19,25)/t5-,6+,8+,9+,10+,11+,12-,13+,14-/m1/s1. The van der Waals surface area contributed by atoms with Gasteiger partial charge in [-0.05, 0) is 0 Å². The quantitative estimate of drug-likeness (QED) is 0.127. The smallest absolute Gasteiger partial charge is 0.394 e. The van der Waals surface area contributed by atoms with Crippen molar-refractivity contribution >= 4 is 15.6 Å². The third kappa shape index (κ3) is 6.54. The molecule has 21 heteroatoms. The zero-order valence-electron chi connectivity index (χ0n) is 17.9. The van der Waals surface area contributed by atoms with Gasteiger partial charge >= 0.3 is 21.3 Å². The molecule has 11 atom stereocenters. The SMILES string of the molecule is O=c1ccn([C@H]2O[C@@H](COP(=O)(O)OP(=O)(O)O[C@H]3O[C@H](CO)[C@H](O)[C@H](O)[C@H]3O)[C@H](O)[C@@H]2O)c(=O)[nH]1. The first-order valence-electron chi connectivity index (χ1n) is 9.99. The van der Waals surface area contributed by atoms with E-state index in [1.165, 1.54) is 0 Å². The fraction of sp³-hybridized carbons (Fsp3) is 0.733. The summed E-state index contributed by atoms with van der Waals surface area (Å²) in [7, 11) is -11.1. The maximum Gasteiger partial charge on any atom is 0.483 e. The van der Waals surface area contributed by atoms with Crippen LogP contribution < -0.4 is 11.2 Å². The van der Waals surface area contributed by atoms with Gasteiger partial charge in [-0.2, -0.15) is 4.31 Å². The summed E-state index contributed by atoms with van der Waals surface area (Å²) in [6, 6.07) is 0.928. The predicted molar refractivity (Wildman–Crippen MR) is 109 cm³/mol. The zero-order valence-corrected chi connectivity index (χ0v) is 19.6. The van der Waals surface area contributed by atoms with Gasteiger partial charge in [-0.25, -0.2) is 13.9 Å². The molecule has 2 aliphatic rings. The predicted octanol–water partition coefficient (Wildman–Crippen LogP) is -4.79. The molecule has 0 aromatic carbocycles. The molecule has 2 saturated heterocycles. The largest absolute Gasteiger partial charge is 0.483 e. The Morgan fingerprint density at radius 1 is 0.917 bits per heavy atom. The molecule has 36 heavy (non-hydrogen) atoms. The van der Waals surface area contributed by atoms with Gasteiger partial charge in [0.25, 0.3) is 5.56 Å². The van der Waals surface area contributed by atoms with Crippen LogP contribution in [0.15, 0.2) is 21.9 Å². The van der Waals surface area contributed by atoms with E-state index >= 15 is 0 Å². The molecule has 0 aliphatic carbocycles. The normalized spacial score (nSPS) is 38.4. The van der Waals surface area contributed by atoms with Gasteiger partial charge in [0.05, 0.1) is 13.2 Å². The van der Waals surface area contributed by atoms with Crippen molar-refractivity contribution in [3.8, 4) is 0 Å². The number of aliphatic hydroxyl groups excluding tert-OH is 6. The van der Waals surface area contributed by atoms with E-state index in [2.05, 4.69) is 13.4 Å². The van der Waals surface area contributed by atoms with Crippen LogP contribution in [0.25, 0.3) is 0 Å². The summed E-state index contributed by atoms with van der Waals surface area (Å²) in [5, 5.41) is 58.6. The molecule has 3 rings (SSSR count). The van der Waals surface area contributed by atoms with Crippen LogP contribution in [-0.4, -0.2) is 112 Å². The molecule has 2 fully saturated rings. The van der Waals surface area contributed by atoms with Crippen molar-refractivity contribution < 1.29 is 72.4 Å². The Bertz CT molecular complexity index is 1120. The second-order valence-corrected chi connectivity index (χ2v) is 10.7. The molecule has 0 spiro atoms. The minimum absolute atomic E-state index is 0.723. The first-order chi connectivity index (χ1) is 16.7. The Kier molecular flexibility index (Phi) is 9.05. The Hall–Kier alpha value is -1.38. The lowest BCUT2D eigenvalue weighted by Gasteiger charge is -2.39. The van der Waals surface area contributed by atoms with E-state index in [0.717, 1.165) is 16.8 Å². The molecule has 9 N–H and O–H groups in total. The number of hydrogen-bond donors (Lipinski definition) is 9. The number of aromatic amines is 1. The topological polar surface area (TPSA) is 297 Å². The number of nitrogens with one attached hydrogen (secondary N) is 1. The summed E-state index contributed by atoms with van der Waals surface area (Å²) in [5.41, 5.74) is -1.75. The summed E-state index contributed by atoms with van der Waals surface area (Å²) in [4.78, 5) is 44.5. The lowest BCUT2D eigenvalue weighted by molar-refractivity contribution is -0.280. The molecule has 1 aromatic rings. The molecule has 0 bridgehead atoms. The van der Waals surface area contributed by atoms with Gasteiger partial charge in [-0.3, -0.25) is 23.4 Å². The maximum absolute atomic E-state index is 12.2. The van der Waals surface area contributed by atoms with Crippen molar-refractivity contribution in [2.24, 2.45) is 0 Å². The minimum Gasteiger partial charge on any atom is -0.394 e. The van der Waals surface area contributed by atoms with Crippen LogP contribution in [0.4, 0.5) is 0 Å². The lowest BCUT2D eigenvalue weighted by atomic mass is 10.00. The number of phosphoric ester groups is 2. The van der Waals surface area contributed by atoms with Crippen molar-refractivity contribution in [1.82, 2.24) is 9.55 Å². The molecule has 206 valence electrons. The van der Waals surface area contributed by atoms with Crippen LogP contribution in [-0.2, 0) is 32.0 Å². The molecular weight excluding hydrogens is 542 g/mol.